The number of carbonyl (C=O) groups excluding carboxylic acids is 1. The first kappa shape index (κ1) is 12.9. The van der Waals surface area contributed by atoms with Gasteiger partial charge in [-0.1, -0.05) is 30.3 Å². The van der Waals surface area contributed by atoms with Crippen LogP contribution in [-0.2, 0) is 0 Å². The van der Waals surface area contributed by atoms with Gasteiger partial charge in [-0.3, -0.25) is 5.21 Å². The number of hydrogen-bond acceptors (Lipinski definition) is 3. The molecule has 0 saturated carbocycles. The molecular weight excluding hydrogens is 272 g/mol. The Kier molecular flexibility index (Phi) is 3.08. The Morgan fingerprint density at radius 1 is 1.20 bits per heavy atom. The summed E-state index contributed by atoms with van der Waals surface area (Å²) in [6, 6.07) is 12.7. The summed E-state index contributed by atoms with van der Waals surface area (Å²) in [6.45, 7) is 1.76. The van der Waals surface area contributed by atoms with E-state index in [1.165, 1.54) is 4.70 Å². The zero-order valence-corrected chi connectivity index (χ0v) is 11.7. The topological polar surface area (TPSA) is 66.6 Å². The lowest BCUT2D eigenvalue weighted by molar-refractivity contribution is -0.0705. The van der Waals surface area contributed by atoms with Crippen molar-refractivity contribution in [3.05, 3.63) is 48.0 Å². The molecule has 1 heterocycles. The van der Waals surface area contributed by atoms with Crippen LogP contribution in [-0.4, -0.2) is 16.3 Å². The first-order valence-corrected chi connectivity index (χ1v) is 7.09. The standard InChI is InChI=1S/C15H14N2O2S/c1-9(17(19)15(16)18)10-6-4-8-13-14(10)11-5-2-3-7-12(11)20-13/h2-9,19H,1H3,(H2,16,18). The van der Waals surface area contributed by atoms with E-state index in [0.717, 1.165) is 21.0 Å². The number of urea groups is 1. The van der Waals surface area contributed by atoms with E-state index in [9.17, 15) is 10.0 Å². The van der Waals surface area contributed by atoms with E-state index < -0.39 is 12.1 Å². The van der Waals surface area contributed by atoms with Gasteiger partial charge < -0.3 is 5.73 Å². The zero-order chi connectivity index (χ0) is 14.3. The lowest BCUT2D eigenvalue weighted by atomic mass is 10.0. The van der Waals surface area contributed by atoms with E-state index in [0.29, 0.717) is 5.06 Å². The molecule has 3 N–H and O–H groups in total. The second kappa shape index (κ2) is 4.77. The molecule has 0 saturated heterocycles. The molecule has 0 aliphatic heterocycles. The molecule has 0 spiro atoms. The summed E-state index contributed by atoms with van der Waals surface area (Å²) in [7, 11) is 0. The lowest BCUT2D eigenvalue weighted by Crippen LogP contribution is -2.34. The highest BCUT2D eigenvalue weighted by Crippen LogP contribution is 2.38. The smallest absolute Gasteiger partial charge is 0.339 e. The predicted octanol–water partition coefficient (Wildman–Crippen LogP) is 3.89. The number of hydrogen-bond donors (Lipinski definition) is 2. The Balaban J connectivity index is 2.28. The van der Waals surface area contributed by atoms with Crippen LogP contribution < -0.4 is 5.73 Å². The van der Waals surface area contributed by atoms with Gasteiger partial charge in [0.1, 0.15) is 0 Å². The van der Waals surface area contributed by atoms with Gasteiger partial charge in [-0.2, -0.15) is 5.06 Å². The predicted molar refractivity (Wildman–Crippen MR) is 81.0 cm³/mol. The van der Waals surface area contributed by atoms with Crippen molar-refractivity contribution in [2.75, 3.05) is 0 Å². The highest BCUT2D eigenvalue weighted by Gasteiger charge is 2.20. The van der Waals surface area contributed by atoms with Crippen LogP contribution in [0.3, 0.4) is 0 Å². The van der Waals surface area contributed by atoms with Gasteiger partial charge in [-0.05, 0) is 24.6 Å². The monoisotopic (exact) mass is 286 g/mol. The van der Waals surface area contributed by atoms with Crippen molar-refractivity contribution in [2.45, 2.75) is 13.0 Å². The molecule has 3 aromatic rings. The van der Waals surface area contributed by atoms with Gasteiger partial charge in [-0.25, -0.2) is 4.79 Å². The number of fused-ring (bicyclic) bond motifs is 3. The minimum Gasteiger partial charge on any atom is -0.350 e. The SMILES string of the molecule is CC(c1cccc2sc3ccccc3c12)N(O)C(N)=O. The van der Waals surface area contributed by atoms with Crippen LogP contribution in [0.1, 0.15) is 18.5 Å². The van der Waals surface area contributed by atoms with Gasteiger partial charge >= 0.3 is 6.03 Å². The summed E-state index contributed by atoms with van der Waals surface area (Å²) < 4.78 is 2.32. The van der Waals surface area contributed by atoms with Gasteiger partial charge in [0.05, 0.1) is 6.04 Å². The van der Waals surface area contributed by atoms with Gasteiger partial charge in [0, 0.05) is 20.2 Å². The van der Waals surface area contributed by atoms with E-state index in [2.05, 4.69) is 12.1 Å². The molecule has 2 aromatic carbocycles. The number of carbonyl (C=O) groups is 1. The van der Waals surface area contributed by atoms with Crippen LogP contribution in [0.2, 0.25) is 0 Å². The Bertz CT molecular complexity index is 797. The Morgan fingerprint density at radius 2 is 1.90 bits per heavy atom. The summed E-state index contributed by atoms with van der Waals surface area (Å²) in [6.07, 6.45) is 0. The molecule has 1 unspecified atom stereocenters. The van der Waals surface area contributed by atoms with Crippen molar-refractivity contribution >= 4 is 37.5 Å². The molecule has 3 rings (SSSR count). The maximum atomic E-state index is 11.2. The lowest BCUT2D eigenvalue weighted by Gasteiger charge is -2.21. The third kappa shape index (κ3) is 1.92. The van der Waals surface area contributed by atoms with E-state index in [4.69, 9.17) is 5.73 Å². The molecule has 0 radical (unpaired) electrons. The fourth-order valence-corrected chi connectivity index (χ4v) is 3.61. The summed E-state index contributed by atoms with van der Waals surface area (Å²) in [4.78, 5) is 11.2. The highest BCUT2D eigenvalue weighted by atomic mass is 32.1. The molecule has 20 heavy (non-hydrogen) atoms. The second-order valence-corrected chi connectivity index (χ2v) is 5.76. The maximum absolute atomic E-state index is 11.2. The van der Waals surface area contributed by atoms with Crippen LogP contribution in [0.4, 0.5) is 4.79 Å². The van der Waals surface area contributed by atoms with Gasteiger partial charge in [0.2, 0.25) is 0 Å². The van der Waals surface area contributed by atoms with Crippen LogP contribution in [0.25, 0.3) is 20.2 Å². The Morgan fingerprint density at radius 3 is 2.65 bits per heavy atom. The Labute approximate surface area is 120 Å². The van der Waals surface area contributed by atoms with Crippen molar-refractivity contribution in [1.82, 2.24) is 5.06 Å². The minimum atomic E-state index is -0.853. The number of amides is 2. The van der Waals surface area contributed by atoms with Crippen molar-refractivity contribution in [1.29, 1.82) is 0 Å². The van der Waals surface area contributed by atoms with Crippen molar-refractivity contribution in [3.8, 4) is 0 Å². The fraction of sp³-hybridized carbons (Fsp3) is 0.133. The summed E-state index contributed by atoms with van der Waals surface area (Å²) >= 11 is 1.70. The van der Waals surface area contributed by atoms with Gasteiger partial charge in [-0.15, -0.1) is 11.3 Å². The number of rotatable bonds is 2. The first-order chi connectivity index (χ1) is 9.59. The van der Waals surface area contributed by atoms with Crippen LogP contribution >= 0.6 is 11.3 Å². The summed E-state index contributed by atoms with van der Waals surface area (Å²) in [5.41, 5.74) is 6.04. The minimum absolute atomic E-state index is 0.491. The third-order valence-electron chi connectivity index (χ3n) is 3.48. The van der Waals surface area contributed by atoms with E-state index in [1.54, 1.807) is 18.3 Å². The molecule has 0 bridgehead atoms. The molecule has 2 amide bonds. The van der Waals surface area contributed by atoms with Gasteiger partial charge in [0.25, 0.3) is 0 Å². The average molecular weight is 286 g/mol. The molecule has 4 nitrogen and oxygen atoms in total. The van der Waals surface area contributed by atoms with E-state index >= 15 is 0 Å². The number of nitrogens with zero attached hydrogens (tertiary/aromatic N) is 1. The quantitative estimate of drug-likeness (QED) is 0.554. The molecule has 102 valence electrons. The zero-order valence-electron chi connectivity index (χ0n) is 10.9. The molecule has 0 aliphatic carbocycles. The molecule has 5 heteroatoms. The maximum Gasteiger partial charge on any atom is 0.339 e. The number of hydroxylamine groups is 2. The number of benzene rings is 2. The molecule has 1 aromatic heterocycles. The summed E-state index contributed by atoms with van der Waals surface area (Å²) in [5.74, 6) is 0. The van der Waals surface area contributed by atoms with Crippen LogP contribution in [0.15, 0.2) is 42.5 Å². The highest BCUT2D eigenvalue weighted by molar-refractivity contribution is 7.25. The van der Waals surface area contributed by atoms with Crippen molar-refractivity contribution in [3.63, 3.8) is 0 Å². The second-order valence-electron chi connectivity index (χ2n) is 4.68. The van der Waals surface area contributed by atoms with Crippen molar-refractivity contribution in [2.24, 2.45) is 5.73 Å². The van der Waals surface area contributed by atoms with Gasteiger partial charge in [0.15, 0.2) is 0 Å². The van der Waals surface area contributed by atoms with Crippen molar-refractivity contribution < 1.29 is 10.0 Å². The average Bonchev–Trinajstić information content (AvgIpc) is 2.84. The number of nitrogens with two attached hydrogens (primary N) is 1. The normalized spacial score (nSPS) is 12.7. The number of primary amides is 1. The molecule has 1 atom stereocenters. The Hall–Kier alpha value is -2.11. The molecular formula is C15H14N2O2S. The van der Waals surface area contributed by atoms with Crippen LogP contribution in [0.5, 0.6) is 0 Å². The largest absolute Gasteiger partial charge is 0.350 e. The number of thiophene rings is 1. The summed E-state index contributed by atoms with van der Waals surface area (Å²) in [5, 5.41) is 12.6. The van der Waals surface area contributed by atoms with E-state index in [-0.39, 0.29) is 0 Å². The molecule has 0 aliphatic rings. The van der Waals surface area contributed by atoms with E-state index in [1.807, 2.05) is 30.3 Å². The fourth-order valence-electron chi connectivity index (χ4n) is 2.47. The first-order valence-electron chi connectivity index (χ1n) is 6.27. The third-order valence-corrected chi connectivity index (χ3v) is 4.61. The van der Waals surface area contributed by atoms with Crippen LogP contribution in [0, 0.1) is 0 Å². The molecule has 0 fully saturated rings.